The lowest BCUT2D eigenvalue weighted by Gasteiger charge is -2.42. The molecule has 2 heteroatoms. The molecule has 0 atom stereocenters. The molecule has 1 heterocycles. The Morgan fingerprint density at radius 3 is 1.87 bits per heavy atom. The Balaban J connectivity index is 1.05. The Labute approximate surface area is 308 Å². The Morgan fingerprint density at radius 2 is 1.13 bits per heavy atom. The van der Waals surface area contributed by atoms with E-state index in [-0.39, 0.29) is 10.8 Å². The highest BCUT2D eigenvalue weighted by molar-refractivity contribution is 5.88. The van der Waals surface area contributed by atoms with Gasteiger partial charge in [-0.3, -0.25) is 0 Å². The SMILES string of the molecule is CC1(C)c2cc(/C=C/c3ccc4c(c3)C(C)(C)c3ccccc3N4c3ccccc3)ccc2-c2ccc(N(C3=CC=CCC3)c3ccccc3)cc21. The van der Waals surface area contributed by atoms with Crippen LogP contribution in [0.15, 0.2) is 163 Å². The summed E-state index contributed by atoms with van der Waals surface area (Å²) in [5.74, 6) is 0. The third-order valence-corrected chi connectivity index (χ3v) is 11.5. The number of benzene rings is 6. The second kappa shape index (κ2) is 12.4. The molecule has 1 aliphatic heterocycles. The van der Waals surface area contributed by atoms with E-state index < -0.39 is 0 Å². The molecule has 2 nitrogen and oxygen atoms in total. The van der Waals surface area contributed by atoms with Crippen molar-refractivity contribution >= 4 is 40.6 Å². The Hall–Kier alpha value is -5.86. The summed E-state index contributed by atoms with van der Waals surface area (Å²) in [5.41, 5.74) is 17.7. The molecule has 0 amide bonds. The number of fused-ring (bicyclic) bond motifs is 5. The molecular weight excluding hydrogens is 629 g/mol. The molecular formula is C50H44N2. The molecule has 254 valence electrons. The van der Waals surface area contributed by atoms with Gasteiger partial charge in [-0.15, -0.1) is 0 Å². The third kappa shape index (κ3) is 5.25. The van der Waals surface area contributed by atoms with Gasteiger partial charge in [-0.1, -0.05) is 137 Å². The van der Waals surface area contributed by atoms with Crippen LogP contribution in [0.2, 0.25) is 0 Å². The van der Waals surface area contributed by atoms with Crippen molar-refractivity contribution in [3.05, 3.63) is 197 Å². The molecule has 0 bridgehead atoms. The topological polar surface area (TPSA) is 6.48 Å². The van der Waals surface area contributed by atoms with Gasteiger partial charge in [-0.05, 0) is 118 Å². The van der Waals surface area contributed by atoms with E-state index in [0.717, 1.165) is 12.8 Å². The van der Waals surface area contributed by atoms with Crippen LogP contribution >= 0.6 is 0 Å². The van der Waals surface area contributed by atoms with Crippen molar-refractivity contribution < 1.29 is 0 Å². The molecule has 0 saturated carbocycles. The van der Waals surface area contributed by atoms with E-state index in [9.17, 15) is 0 Å². The van der Waals surface area contributed by atoms with Crippen LogP contribution in [0.5, 0.6) is 0 Å². The fourth-order valence-corrected chi connectivity index (χ4v) is 8.69. The first kappa shape index (κ1) is 32.1. The minimum atomic E-state index is -0.135. The van der Waals surface area contributed by atoms with Crippen LogP contribution in [0.4, 0.5) is 28.4 Å². The van der Waals surface area contributed by atoms with Crippen LogP contribution < -0.4 is 9.80 Å². The third-order valence-electron chi connectivity index (χ3n) is 11.5. The zero-order valence-electron chi connectivity index (χ0n) is 30.5. The van der Waals surface area contributed by atoms with Gasteiger partial charge in [0.2, 0.25) is 0 Å². The van der Waals surface area contributed by atoms with E-state index in [1.165, 1.54) is 78.6 Å². The Bertz CT molecular complexity index is 2410. The first-order valence-electron chi connectivity index (χ1n) is 18.6. The fraction of sp³-hybridized carbons (Fsp3) is 0.160. The van der Waals surface area contributed by atoms with E-state index in [2.05, 4.69) is 207 Å². The molecule has 0 radical (unpaired) electrons. The van der Waals surface area contributed by atoms with Crippen molar-refractivity contribution in [2.45, 2.75) is 51.4 Å². The summed E-state index contributed by atoms with van der Waals surface area (Å²) in [6.07, 6.45) is 13.4. The maximum absolute atomic E-state index is 2.44. The zero-order valence-corrected chi connectivity index (χ0v) is 30.5. The summed E-state index contributed by atoms with van der Waals surface area (Å²) >= 11 is 0. The molecule has 0 N–H and O–H groups in total. The van der Waals surface area contributed by atoms with Crippen LogP contribution in [0, 0.1) is 0 Å². The second-order valence-electron chi connectivity index (χ2n) is 15.4. The molecule has 52 heavy (non-hydrogen) atoms. The molecule has 0 saturated heterocycles. The fourth-order valence-electron chi connectivity index (χ4n) is 8.69. The lowest BCUT2D eigenvalue weighted by atomic mass is 9.73. The van der Waals surface area contributed by atoms with Crippen molar-refractivity contribution in [3.63, 3.8) is 0 Å². The van der Waals surface area contributed by atoms with Gasteiger partial charge in [0.1, 0.15) is 0 Å². The number of allylic oxidation sites excluding steroid dienone is 4. The summed E-state index contributed by atoms with van der Waals surface area (Å²) in [7, 11) is 0. The van der Waals surface area contributed by atoms with Crippen LogP contribution in [0.3, 0.4) is 0 Å². The van der Waals surface area contributed by atoms with Crippen LogP contribution in [-0.2, 0) is 10.8 Å². The van der Waals surface area contributed by atoms with Gasteiger partial charge in [0.05, 0.1) is 11.4 Å². The van der Waals surface area contributed by atoms with Crippen molar-refractivity contribution in [1.29, 1.82) is 0 Å². The highest BCUT2D eigenvalue weighted by Gasteiger charge is 2.38. The molecule has 3 aliphatic rings. The molecule has 0 aromatic heterocycles. The number of para-hydroxylation sites is 3. The Morgan fingerprint density at radius 1 is 0.538 bits per heavy atom. The molecule has 6 aromatic rings. The highest BCUT2D eigenvalue weighted by atomic mass is 15.2. The van der Waals surface area contributed by atoms with Gasteiger partial charge in [0.25, 0.3) is 0 Å². The average Bonchev–Trinajstić information content (AvgIpc) is 3.40. The maximum atomic E-state index is 2.44. The van der Waals surface area contributed by atoms with Gasteiger partial charge in [0, 0.05) is 33.6 Å². The predicted molar refractivity (Wildman–Crippen MR) is 221 cm³/mol. The number of rotatable bonds is 6. The first-order valence-corrected chi connectivity index (χ1v) is 18.6. The molecule has 0 fully saturated rings. The normalized spacial score (nSPS) is 16.2. The number of hydrogen-bond acceptors (Lipinski definition) is 2. The summed E-state index contributed by atoms with van der Waals surface area (Å²) < 4.78 is 0. The molecule has 9 rings (SSSR count). The predicted octanol–water partition coefficient (Wildman–Crippen LogP) is 13.6. The number of hydrogen-bond donors (Lipinski definition) is 0. The maximum Gasteiger partial charge on any atom is 0.0503 e. The van der Waals surface area contributed by atoms with Crippen molar-refractivity contribution in [2.24, 2.45) is 0 Å². The molecule has 0 spiro atoms. The van der Waals surface area contributed by atoms with Crippen molar-refractivity contribution in [2.75, 3.05) is 9.80 Å². The average molecular weight is 673 g/mol. The van der Waals surface area contributed by atoms with E-state index in [1.54, 1.807) is 0 Å². The van der Waals surface area contributed by atoms with Gasteiger partial charge in [-0.25, -0.2) is 0 Å². The van der Waals surface area contributed by atoms with Crippen LogP contribution in [-0.4, -0.2) is 0 Å². The van der Waals surface area contributed by atoms with E-state index in [4.69, 9.17) is 0 Å². The number of nitrogens with zero attached hydrogens (tertiary/aromatic N) is 2. The van der Waals surface area contributed by atoms with Crippen LogP contribution in [0.25, 0.3) is 23.3 Å². The Kier molecular flexibility index (Phi) is 7.66. The van der Waals surface area contributed by atoms with E-state index in [1.807, 2.05) is 0 Å². The quantitative estimate of drug-likeness (QED) is 0.163. The minimum absolute atomic E-state index is 0.127. The minimum Gasteiger partial charge on any atom is -0.314 e. The lowest BCUT2D eigenvalue weighted by molar-refractivity contribution is 0.631. The van der Waals surface area contributed by atoms with Gasteiger partial charge >= 0.3 is 0 Å². The molecule has 2 aliphatic carbocycles. The van der Waals surface area contributed by atoms with Gasteiger partial charge in [0.15, 0.2) is 0 Å². The van der Waals surface area contributed by atoms with Gasteiger partial charge in [-0.2, -0.15) is 0 Å². The van der Waals surface area contributed by atoms with Crippen LogP contribution in [0.1, 0.15) is 73.9 Å². The summed E-state index contributed by atoms with van der Waals surface area (Å²) in [6.45, 7) is 9.47. The highest BCUT2D eigenvalue weighted by Crippen LogP contribution is 2.53. The first-order chi connectivity index (χ1) is 25.3. The monoisotopic (exact) mass is 672 g/mol. The lowest BCUT2D eigenvalue weighted by Crippen LogP contribution is -2.30. The van der Waals surface area contributed by atoms with Crippen molar-refractivity contribution in [3.8, 4) is 11.1 Å². The summed E-state index contributed by atoms with van der Waals surface area (Å²) in [5, 5.41) is 0. The van der Waals surface area contributed by atoms with E-state index in [0.29, 0.717) is 0 Å². The number of anilines is 5. The smallest absolute Gasteiger partial charge is 0.0503 e. The molecule has 6 aromatic carbocycles. The standard InChI is InChI=1S/C50H44N2/c1-49(2)43-22-14-15-23-47(43)52(39-20-12-7-13-21-39)48-31-27-36(33-46(48)49)25-24-35-26-29-41-42-30-28-40(34-45(42)50(3,4)44(41)32-35)51(37-16-8-5-9-17-37)38-18-10-6-11-19-38/h5-10,12-18,20-34H,11,19H2,1-4H3/b25-24+. The van der Waals surface area contributed by atoms with Gasteiger partial charge < -0.3 is 9.80 Å². The summed E-state index contributed by atoms with van der Waals surface area (Å²) in [4.78, 5) is 4.85. The van der Waals surface area contributed by atoms with Crippen molar-refractivity contribution in [1.82, 2.24) is 0 Å². The largest absolute Gasteiger partial charge is 0.314 e. The summed E-state index contributed by atoms with van der Waals surface area (Å²) in [6, 6.07) is 51.4. The molecule has 0 unspecified atom stereocenters. The second-order valence-corrected chi connectivity index (χ2v) is 15.4. The van der Waals surface area contributed by atoms with E-state index >= 15 is 0 Å². The zero-order chi connectivity index (χ0) is 35.5.